The van der Waals surface area contributed by atoms with Gasteiger partial charge < -0.3 is 5.32 Å². The van der Waals surface area contributed by atoms with E-state index in [-0.39, 0.29) is 11.8 Å². The maximum Gasteiger partial charge on any atom is 0.274 e. The monoisotopic (exact) mass is 284 g/mol. The maximum atomic E-state index is 11.8. The van der Waals surface area contributed by atoms with Crippen molar-refractivity contribution in [1.82, 2.24) is 5.48 Å². The van der Waals surface area contributed by atoms with Crippen LogP contribution >= 0.6 is 0 Å². The molecule has 2 aromatic rings. The van der Waals surface area contributed by atoms with E-state index in [0.717, 1.165) is 5.56 Å². The van der Waals surface area contributed by atoms with E-state index in [2.05, 4.69) is 10.8 Å². The number of hydrogen-bond acceptors (Lipinski definition) is 3. The molecular formula is C16H16N2O3. The predicted molar refractivity (Wildman–Crippen MR) is 79.4 cm³/mol. The van der Waals surface area contributed by atoms with Gasteiger partial charge in [-0.3, -0.25) is 14.4 Å². The van der Waals surface area contributed by atoms with Gasteiger partial charge >= 0.3 is 0 Å². The first kappa shape index (κ1) is 14.7. The topological polar surface area (TPSA) is 67.4 Å². The number of rotatable bonds is 5. The number of carbonyl (C=O) groups is 2. The summed E-state index contributed by atoms with van der Waals surface area (Å²) < 4.78 is 0. The van der Waals surface area contributed by atoms with Gasteiger partial charge in [0.05, 0.1) is 6.61 Å². The molecule has 2 rings (SSSR count). The first-order valence-corrected chi connectivity index (χ1v) is 6.49. The molecule has 2 aromatic carbocycles. The van der Waals surface area contributed by atoms with Crippen LogP contribution in [0.2, 0.25) is 0 Å². The Bertz CT molecular complexity index is 609. The third-order valence-corrected chi connectivity index (χ3v) is 2.71. The standard InChI is InChI=1S/C16H16N2O3/c1-12(19)17-15-9-7-14(8-10-15)16(20)18-21-11-13-5-3-2-4-6-13/h2-10H,11H2,1H3,(H,17,19)(H,18,20). The molecule has 5 heteroatoms. The van der Waals surface area contributed by atoms with Crippen LogP contribution in [-0.2, 0) is 16.2 Å². The second-order valence-electron chi connectivity index (χ2n) is 4.46. The van der Waals surface area contributed by atoms with E-state index in [9.17, 15) is 9.59 Å². The van der Waals surface area contributed by atoms with E-state index in [1.807, 2.05) is 30.3 Å². The summed E-state index contributed by atoms with van der Waals surface area (Å²) in [5, 5.41) is 2.63. The molecule has 2 N–H and O–H groups in total. The summed E-state index contributed by atoms with van der Waals surface area (Å²) in [7, 11) is 0. The first-order valence-electron chi connectivity index (χ1n) is 6.49. The molecule has 0 heterocycles. The lowest BCUT2D eigenvalue weighted by Crippen LogP contribution is -2.23. The highest BCUT2D eigenvalue weighted by Gasteiger charge is 2.05. The minimum atomic E-state index is -0.333. The van der Waals surface area contributed by atoms with E-state index in [4.69, 9.17) is 4.84 Å². The minimum Gasteiger partial charge on any atom is -0.326 e. The van der Waals surface area contributed by atoms with Crippen molar-refractivity contribution in [3.05, 3.63) is 65.7 Å². The van der Waals surface area contributed by atoms with Gasteiger partial charge in [0.1, 0.15) is 0 Å². The zero-order valence-electron chi connectivity index (χ0n) is 11.6. The molecule has 0 spiro atoms. The van der Waals surface area contributed by atoms with E-state index in [0.29, 0.717) is 17.9 Å². The fourth-order valence-electron chi connectivity index (χ4n) is 1.73. The Morgan fingerprint density at radius 2 is 1.67 bits per heavy atom. The van der Waals surface area contributed by atoms with Crippen LogP contribution < -0.4 is 10.8 Å². The summed E-state index contributed by atoms with van der Waals surface area (Å²) in [5.74, 6) is -0.487. The second-order valence-corrected chi connectivity index (χ2v) is 4.46. The highest BCUT2D eigenvalue weighted by atomic mass is 16.6. The molecule has 0 saturated carbocycles. The van der Waals surface area contributed by atoms with Gasteiger partial charge in [0.25, 0.3) is 5.91 Å². The Morgan fingerprint density at radius 1 is 1.00 bits per heavy atom. The zero-order chi connectivity index (χ0) is 15.1. The fourth-order valence-corrected chi connectivity index (χ4v) is 1.73. The highest BCUT2D eigenvalue weighted by Crippen LogP contribution is 2.09. The van der Waals surface area contributed by atoms with Gasteiger partial charge in [-0.1, -0.05) is 30.3 Å². The molecule has 0 radical (unpaired) electrons. The third kappa shape index (κ3) is 4.74. The molecule has 0 saturated heterocycles. The van der Waals surface area contributed by atoms with Crippen molar-refractivity contribution < 1.29 is 14.4 Å². The minimum absolute atomic E-state index is 0.154. The van der Waals surface area contributed by atoms with Gasteiger partial charge in [0, 0.05) is 18.2 Å². The van der Waals surface area contributed by atoms with Crippen LogP contribution in [0, 0.1) is 0 Å². The molecule has 0 aromatic heterocycles. The largest absolute Gasteiger partial charge is 0.326 e. The molecule has 2 amide bonds. The predicted octanol–water partition coefficient (Wildman–Crippen LogP) is 2.51. The van der Waals surface area contributed by atoms with Crippen LogP contribution in [0.15, 0.2) is 54.6 Å². The highest BCUT2D eigenvalue weighted by molar-refractivity contribution is 5.94. The molecule has 0 aliphatic heterocycles. The normalized spacial score (nSPS) is 9.95. The first-order chi connectivity index (χ1) is 10.1. The number of benzene rings is 2. The van der Waals surface area contributed by atoms with Gasteiger partial charge in [-0.2, -0.15) is 0 Å². The van der Waals surface area contributed by atoms with Crippen molar-refractivity contribution in [1.29, 1.82) is 0 Å². The van der Waals surface area contributed by atoms with Crippen molar-refractivity contribution in [3.63, 3.8) is 0 Å². The lowest BCUT2D eigenvalue weighted by atomic mass is 10.2. The molecule has 0 bridgehead atoms. The lowest BCUT2D eigenvalue weighted by molar-refractivity contribution is -0.114. The van der Waals surface area contributed by atoms with Crippen LogP contribution in [0.3, 0.4) is 0 Å². The Hall–Kier alpha value is -2.66. The molecule has 21 heavy (non-hydrogen) atoms. The van der Waals surface area contributed by atoms with E-state index in [1.165, 1.54) is 6.92 Å². The molecule has 0 fully saturated rings. The van der Waals surface area contributed by atoms with E-state index in [1.54, 1.807) is 24.3 Å². The van der Waals surface area contributed by atoms with E-state index >= 15 is 0 Å². The van der Waals surface area contributed by atoms with Crippen LogP contribution in [0.4, 0.5) is 5.69 Å². The summed E-state index contributed by atoms with van der Waals surface area (Å²) in [5.41, 5.74) is 4.45. The van der Waals surface area contributed by atoms with Crippen molar-refractivity contribution in [2.45, 2.75) is 13.5 Å². The van der Waals surface area contributed by atoms with Gasteiger partial charge in [-0.05, 0) is 29.8 Å². The third-order valence-electron chi connectivity index (χ3n) is 2.71. The number of anilines is 1. The Kier molecular flexibility index (Phi) is 5.06. The fraction of sp³-hybridized carbons (Fsp3) is 0.125. The van der Waals surface area contributed by atoms with Crippen LogP contribution in [0.5, 0.6) is 0 Å². The number of hydroxylamine groups is 1. The molecule has 0 aliphatic carbocycles. The molecule has 108 valence electrons. The van der Waals surface area contributed by atoms with Crippen molar-refractivity contribution in [3.8, 4) is 0 Å². The molecule has 0 atom stereocenters. The summed E-state index contributed by atoms with van der Waals surface area (Å²) in [6.07, 6.45) is 0. The number of hydrogen-bond donors (Lipinski definition) is 2. The van der Waals surface area contributed by atoms with Crippen molar-refractivity contribution in [2.75, 3.05) is 5.32 Å². The number of nitrogens with one attached hydrogen (secondary N) is 2. The molecule has 5 nitrogen and oxygen atoms in total. The Labute approximate surface area is 122 Å². The summed E-state index contributed by atoms with van der Waals surface area (Å²) in [4.78, 5) is 27.9. The number of amides is 2. The SMILES string of the molecule is CC(=O)Nc1ccc(C(=O)NOCc2ccccc2)cc1. The molecule has 0 aliphatic rings. The Balaban J connectivity index is 1.84. The Morgan fingerprint density at radius 3 is 2.29 bits per heavy atom. The average Bonchev–Trinajstić information content (AvgIpc) is 2.48. The van der Waals surface area contributed by atoms with Crippen LogP contribution in [-0.4, -0.2) is 11.8 Å². The second kappa shape index (κ2) is 7.21. The average molecular weight is 284 g/mol. The summed E-state index contributed by atoms with van der Waals surface area (Å²) in [6.45, 7) is 1.73. The van der Waals surface area contributed by atoms with E-state index < -0.39 is 0 Å². The van der Waals surface area contributed by atoms with Crippen LogP contribution in [0.25, 0.3) is 0 Å². The van der Waals surface area contributed by atoms with Gasteiger partial charge in [0.15, 0.2) is 0 Å². The molecule has 0 unspecified atom stereocenters. The lowest BCUT2D eigenvalue weighted by Gasteiger charge is -2.07. The zero-order valence-corrected chi connectivity index (χ0v) is 11.6. The van der Waals surface area contributed by atoms with Crippen molar-refractivity contribution in [2.24, 2.45) is 0 Å². The quantitative estimate of drug-likeness (QED) is 0.829. The maximum absolute atomic E-state index is 11.8. The van der Waals surface area contributed by atoms with Gasteiger partial charge in [0.2, 0.25) is 5.91 Å². The van der Waals surface area contributed by atoms with Gasteiger partial charge in [-0.15, -0.1) is 0 Å². The van der Waals surface area contributed by atoms with Crippen LogP contribution in [0.1, 0.15) is 22.8 Å². The number of carbonyl (C=O) groups excluding carboxylic acids is 2. The molecular weight excluding hydrogens is 268 g/mol. The van der Waals surface area contributed by atoms with Crippen molar-refractivity contribution >= 4 is 17.5 Å². The summed E-state index contributed by atoms with van der Waals surface area (Å²) >= 11 is 0. The smallest absolute Gasteiger partial charge is 0.274 e. The summed E-state index contributed by atoms with van der Waals surface area (Å²) in [6, 6.07) is 16.1. The van der Waals surface area contributed by atoms with Gasteiger partial charge in [-0.25, -0.2) is 5.48 Å².